The number of aromatic nitrogens is 3. The zero-order valence-electron chi connectivity index (χ0n) is 18.7. The second-order valence-corrected chi connectivity index (χ2v) is 7.76. The van der Waals surface area contributed by atoms with Crippen LogP contribution < -0.4 is 5.32 Å². The van der Waals surface area contributed by atoms with Crippen LogP contribution in [0.25, 0.3) is 16.6 Å². The fourth-order valence-electron chi connectivity index (χ4n) is 3.82. The summed E-state index contributed by atoms with van der Waals surface area (Å²) in [6.45, 7) is 8.12. The first kappa shape index (κ1) is 21.4. The average molecular weight is 431 g/mol. The molecule has 0 unspecified atom stereocenters. The maximum absolute atomic E-state index is 12.7. The molecule has 164 valence electrons. The van der Waals surface area contributed by atoms with Gasteiger partial charge in [0.2, 0.25) is 0 Å². The molecular weight excluding hydrogens is 404 g/mol. The maximum atomic E-state index is 12.7. The summed E-state index contributed by atoms with van der Waals surface area (Å²) in [6, 6.07) is 15.6. The van der Waals surface area contributed by atoms with Crippen molar-refractivity contribution in [3.63, 3.8) is 0 Å². The van der Waals surface area contributed by atoms with Crippen LogP contribution in [0.1, 0.15) is 34.2 Å². The zero-order valence-corrected chi connectivity index (χ0v) is 18.7. The SMILES string of the molecule is CCn1cc(C(=O)OCC(=O)Nc2c(C)nn(-c3ccc(C)cc3)c2C)c2ccccc21. The molecule has 0 saturated carbocycles. The van der Waals surface area contributed by atoms with Gasteiger partial charge in [-0.3, -0.25) is 4.79 Å². The van der Waals surface area contributed by atoms with Crippen LogP contribution in [-0.4, -0.2) is 32.8 Å². The van der Waals surface area contributed by atoms with Gasteiger partial charge in [0.15, 0.2) is 6.61 Å². The summed E-state index contributed by atoms with van der Waals surface area (Å²) in [5.41, 5.74) is 5.60. The largest absolute Gasteiger partial charge is 0.452 e. The Kier molecular flexibility index (Phi) is 5.81. The molecule has 2 aromatic heterocycles. The van der Waals surface area contributed by atoms with Gasteiger partial charge < -0.3 is 14.6 Å². The van der Waals surface area contributed by atoms with Crippen molar-refractivity contribution in [3.8, 4) is 5.69 Å². The number of carbonyl (C=O) groups is 2. The number of fused-ring (bicyclic) bond motifs is 1. The van der Waals surface area contributed by atoms with Crippen molar-refractivity contribution in [1.82, 2.24) is 14.3 Å². The van der Waals surface area contributed by atoms with Crippen LogP contribution in [0.2, 0.25) is 0 Å². The molecular formula is C25H26N4O3. The number of benzene rings is 2. The molecule has 0 bridgehead atoms. The maximum Gasteiger partial charge on any atom is 0.340 e. The van der Waals surface area contributed by atoms with E-state index in [-0.39, 0.29) is 6.61 Å². The summed E-state index contributed by atoms with van der Waals surface area (Å²) in [5.74, 6) is -0.931. The Bertz CT molecular complexity index is 1300. The molecule has 1 amide bonds. The van der Waals surface area contributed by atoms with Crippen molar-refractivity contribution in [2.24, 2.45) is 0 Å². The minimum atomic E-state index is -0.521. The number of rotatable bonds is 6. The van der Waals surface area contributed by atoms with Crippen molar-refractivity contribution in [1.29, 1.82) is 0 Å². The van der Waals surface area contributed by atoms with Gasteiger partial charge in [0.05, 0.1) is 28.3 Å². The van der Waals surface area contributed by atoms with Gasteiger partial charge in [0, 0.05) is 23.6 Å². The van der Waals surface area contributed by atoms with Crippen molar-refractivity contribution in [3.05, 3.63) is 77.2 Å². The van der Waals surface area contributed by atoms with Gasteiger partial charge in [0.1, 0.15) is 0 Å². The molecule has 0 fully saturated rings. The van der Waals surface area contributed by atoms with E-state index in [9.17, 15) is 9.59 Å². The van der Waals surface area contributed by atoms with E-state index in [0.29, 0.717) is 16.9 Å². The molecule has 32 heavy (non-hydrogen) atoms. The van der Waals surface area contributed by atoms with E-state index in [1.807, 2.05) is 80.8 Å². The van der Waals surface area contributed by atoms with E-state index in [1.54, 1.807) is 10.9 Å². The molecule has 0 aliphatic rings. The Labute approximate surface area is 186 Å². The molecule has 0 atom stereocenters. The van der Waals surface area contributed by atoms with Crippen LogP contribution in [0, 0.1) is 20.8 Å². The number of carbonyl (C=O) groups excluding carboxylic acids is 2. The average Bonchev–Trinajstić information content (AvgIpc) is 3.31. The number of aryl methyl sites for hydroxylation is 3. The van der Waals surface area contributed by atoms with Gasteiger partial charge in [-0.1, -0.05) is 35.9 Å². The van der Waals surface area contributed by atoms with Crippen molar-refractivity contribution >= 4 is 28.5 Å². The van der Waals surface area contributed by atoms with Crippen LogP contribution in [0.5, 0.6) is 0 Å². The van der Waals surface area contributed by atoms with Gasteiger partial charge in [-0.05, 0) is 45.9 Å². The van der Waals surface area contributed by atoms with Gasteiger partial charge in [-0.25, -0.2) is 9.48 Å². The Morgan fingerprint density at radius 2 is 1.75 bits per heavy atom. The number of hydrogen-bond donors (Lipinski definition) is 1. The number of anilines is 1. The highest BCUT2D eigenvalue weighted by Crippen LogP contribution is 2.24. The monoisotopic (exact) mass is 430 g/mol. The fraction of sp³-hybridized carbons (Fsp3) is 0.240. The molecule has 2 heterocycles. The van der Waals surface area contributed by atoms with Gasteiger partial charge in [0.25, 0.3) is 5.91 Å². The third-order valence-electron chi connectivity index (χ3n) is 5.52. The summed E-state index contributed by atoms with van der Waals surface area (Å²) in [6.07, 6.45) is 1.77. The number of amides is 1. The quantitative estimate of drug-likeness (QED) is 0.455. The molecule has 0 saturated heterocycles. The first-order chi connectivity index (χ1) is 15.4. The summed E-state index contributed by atoms with van der Waals surface area (Å²) in [5, 5.41) is 8.19. The van der Waals surface area contributed by atoms with Gasteiger partial charge in [-0.2, -0.15) is 5.10 Å². The zero-order chi connectivity index (χ0) is 22.8. The van der Waals surface area contributed by atoms with Crippen LogP contribution in [0.4, 0.5) is 5.69 Å². The van der Waals surface area contributed by atoms with Crippen molar-refractivity contribution in [2.75, 3.05) is 11.9 Å². The highest BCUT2D eigenvalue weighted by molar-refractivity contribution is 6.05. The molecule has 1 N–H and O–H groups in total. The normalized spacial score (nSPS) is 11.0. The summed E-state index contributed by atoms with van der Waals surface area (Å²) >= 11 is 0. The number of nitrogens with one attached hydrogen (secondary N) is 1. The topological polar surface area (TPSA) is 78.2 Å². The number of esters is 1. The predicted octanol–water partition coefficient (Wildman–Crippen LogP) is 4.57. The van der Waals surface area contributed by atoms with E-state index < -0.39 is 11.9 Å². The minimum Gasteiger partial charge on any atom is -0.452 e. The van der Waals surface area contributed by atoms with E-state index in [1.165, 1.54) is 0 Å². The lowest BCUT2D eigenvalue weighted by Gasteiger charge is -2.08. The van der Waals surface area contributed by atoms with Crippen LogP contribution in [0.3, 0.4) is 0 Å². The molecule has 4 aromatic rings. The number of hydrogen-bond acceptors (Lipinski definition) is 4. The van der Waals surface area contributed by atoms with Crippen LogP contribution in [0.15, 0.2) is 54.7 Å². The number of ether oxygens (including phenoxy) is 1. The summed E-state index contributed by atoms with van der Waals surface area (Å²) < 4.78 is 9.09. The van der Waals surface area contributed by atoms with Gasteiger partial charge in [-0.15, -0.1) is 0 Å². The Morgan fingerprint density at radius 1 is 1.03 bits per heavy atom. The smallest absolute Gasteiger partial charge is 0.340 e. The molecule has 0 radical (unpaired) electrons. The fourth-order valence-corrected chi connectivity index (χ4v) is 3.82. The molecule has 2 aromatic carbocycles. The van der Waals surface area contributed by atoms with Crippen molar-refractivity contribution in [2.45, 2.75) is 34.2 Å². The lowest BCUT2D eigenvalue weighted by atomic mass is 10.2. The minimum absolute atomic E-state index is 0.376. The van der Waals surface area contributed by atoms with Crippen LogP contribution >= 0.6 is 0 Å². The van der Waals surface area contributed by atoms with E-state index in [2.05, 4.69) is 10.4 Å². The van der Waals surface area contributed by atoms with E-state index in [4.69, 9.17) is 4.74 Å². The Hall–Kier alpha value is -3.87. The second kappa shape index (κ2) is 8.70. The summed E-state index contributed by atoms with van der Waals surface area (Å²) in [4.78, 5) is 25.2. The molecule has 7 nitrogen and oxygen atoms in total. The second-order valence-electron chi connectivity index (χ2n) is 7.76. The highest BCUT2D eigenvalue weighted by atomic mass is 16.5. The molecule has 0 spiro atoms. The molecule has 0 aliphatic carbocycles. The van der Waals surface area contributed by atoms with E-state index in [0.717, 1.165) is 34.4 Å². The number of para-hydroxylation sites is 1. The third-order valence-corrected chi connectivity index (χ3v) is 5.52. The van der Waals surface area contributed by atoms with Gasteiger partial charge >= 0.3 is 5.97 Å². The molecule has 0 aliphatic heterocycles. The molecule has 4 rings (SSSR count). The first-order valence-corrected chi connectivity index (χ1v) is 10.6. The number of nitrogens with zero attached hydrogens (tertiary/aromatic N) is 3. The highest BCUT2D eigenvalue weighted by Gasteiger charge is 2.19. The predicted molar refractivity (Wildman–Crippen MR) is 124 cm³/mol. The molecule has 7 heteroatoms. The Morgan fingerprint density at radius 3 is 2.47 bits per heavy atom. The Balaban J connectivity index is 1.46. The van der Waals surface area contributed by atoms with Crippen LogP contribution in [-0.2, 0) is 16.1 Å². The third kappa shape index (κ3) is 4.01. The van der Waals surface area contributed by atoms with E-state index >= 15 is 0 Å². The standard InChI is InChI=1S/C25H26N4O3/c1-5-28-14-21(20-8-6-7-9-22(20)28)25(31)32-15-23(30)26-24-17(3)27-29(18(24)4)19-12-10-16(2)11-13-19/h6-14H,5,15H2,1-4H3,(H,26,30). The van der Waals surface area contributed by atoms with Crippen molar-refractivity contribution < 1.29 is 14.3 Å². The first-order valence-electron chi connectivity index (χ1n) is 10.6. The lowest BCUT2D eigenvalue weighted by molar-refractivity contribution is -0.119. The summed E-state index contributed by atoms with van der Waals surface area (Å²) in [7, 11) is 0. The lowest BCUT2D eigenvalue weighted by Crippen LogP contribution is -2.21.